The van der Waals surface area contributed by atoms with E-state index in [1.54, 1.807) is 6.07 Å². The molecule has 2 nitrogen and oxygen atoms in total. The summed E-state index contributed by atoms with van der Waals surface area (Å²) < 4.78 is 17.4. The molecule has 102 valence electrons. The smallest absolute Gasteiger partial charge is 0.123 e. The Bertz CT molecular complexity index is 736. The molecule has 0 amide bonds. The molecule has 2 aromatic carbocycles. The van der Waals surface area contributed by atoms with Gasteiger partial charge in [0.2, 0.25) is 0 Å². The number of anilines is 1. The third-order valence-electron chi connectivity index (χ3n) is 3.37. The van der Waals surface area contributed by atoms with Crippen LogP contribution in [0.1, 0.15) is 11.1 Å². The summed E-state index contributed by atoms with van der Waals surface area (Å²) in [5, 5.41) is 5.68. The van der Waals surface area contributed by atoms with Crippen molar-refractivity contribution in [2.24, 2.45) is 0 Å². The Balaban J connectivity index is 1.68. The molecule has 1 N–H and O–H groups in total. The molecule has 0 radical (unpaired) electrons. The second kappa shape index (κ2) is 5.59. The molecule has 0 aliphatic carbocycles. The SMILES string of the molecule is Cc1cc(F)ccc1CCNc1snc2ccccc12. The first kappa shape index (κ1) is 13.1. The number of hydrogen-bond acceptors (Lipinski definition) is 3. The van der Waals surface area contributed by atoms with E-state index < -0.39 is 0 Å². The molecular formula is C16H15FN2S. The molecular weight excluding hydrogens is 271 g/mol. The van der Waals surface area contributed by atoms with E-state index in [9.17, 15) is 4.39 Å². The van der Waals surface area contributed by atoms with E-state index in [2.05, 4.69) is 15.8 Å². The maximum absolute atomic E-state index is 13.0. The molecule has 1 heterocycles. The molecule has 0 fully saturated rings. The molecule has 0 saturated carbocycles. The standard InChI is InChI=1S/C16H15FN2S/c1-11-10-13(17)7-6-12(11)8-9-18-16-14-4-2-3-5-15(14)19-20-16/h2-7,10,18H,8-9H2,1H3. The minimum absolute atomic E-state index is 0.173. The lowest BCUT2D eigenvalue weighted by Gasteiger charge is -2.07. The second-order valence-corrected chi connectivity index (χ2v) is 5.55. The summed E-state index contributed by atoms with van der Waals surface area (Å²) in [6.07, 6.45) is 0.873. The van der Waals surface area contributed by atoms with Crippen molar-refractivity contribution in [2.75, 3.05) is 11.9 Å². The van der Waals surface area contributed by atoms with Crippen molar-refractivity contribution < 1.29 is 4.39 Å². The van der Waals surface area contributed by atoms with Crippen molar-refractivity contribution in [1.82, 2.24) is 4.37 Å². The van der Waals surface area contributed by atoms with Gasteiger partial charge in [0.05, 0.1) is 5.52 Å². The van der Waals surface area contributed by atoms with Gasteiger partial charge in [-0.05, 0) is 60.3 Å². The van der Waals surface area contributed by atoms with Gasteiger partial charge in [-0.25, -0.2) is 4.39 Å². The van der Waals surface area contributed by atoms with Crippen LogP contribution < -0.4 is 5.32 Å². The van der Waals surface area contributed by atoms with Gasteiger partial charge in [0.15, 0.2) is 0 Å². The Hall–Kier alpha value is -1.94. The van der Waals surface area contributed by atoms with E-state index in [4.69, 9.17) is 0 Å². The number of nitrogens with one attached hydrogen (secondary N) is 1. The van der Waals surface area contributed by atoms with Crippen molar-refractivity contribution in [1.29, 1.82) is 0 Å². The summed E-state index contributed by atoms with van der Waals surface area (Å²) in [7, 11) is 0. The van der Waals surface area contributed by atoms with E-state index in [1.165, 1.54) is 23.2 Å². The topological polar surface area (TPSA) is 24.9 Å². The Labute approximate surface area is 121 Å². The zero-order valence-corrected chi connectivity index (χ0v) is 12.0. The van der Waals surface area contributed by atoms with Crippen LogP contribution in [0.15, 0.2) is 42.5 Å². The third kappa shape index (κ3) is 2.65. The molecule has 20 heavy (non-hydrogen) atoms. The first-order chi connectivity index (χ1) is 9.74. The van der Waals surface area contributed by atoms with Gasteiger partial charge in [-0.1, -0.05) is 18.2 Å². The Morgan fingerprint density at radius 1 is 1.20 bits per heavy atom. The minimum Gasteiger partial charge on any atom is -0.375 e. The van der Waals surface area contributed by atoms with Crippen LogP contribution in [0.3, 0.4) is 0 Å². The van der Waals surface area contributed by atoms with Gasteiger partial charge in [-0.3, -0.25) is 0 Å². The summed E-state index contributed by atoms with van der Waals surface area (Å²) in [6, 6.07) is 13.1. The average Bonchev–Trinajstić information content (AvgIpc) is 2.85. The largest absolute Gasteiger partial charge is 0.375 e. The van der Waals surface area contributed by atoms with Gasteiger partial charge in [0.25, 0.3) is 0 Å². The van der Waals surface area contributed by atoms with Crippen LogP contribution in [-0.4, -0.2) is 10.9 Å². The van der Waals surface area contributed by atoms with Crippen molar-refractivity contribution >= 4 is 27.4 Å². The molecule has 3 rings (SSSR count). The first-order valence-electron chi connectivity index (χ1n) is 6.57. The van der Waals surface area contributed by atoms with Gasteiger partial charge in [-0.2, -0.15) is 4.37 Å². The second-order valence-electron chi connectivity index (χ2n) is 4.78. The normalized spacial score (nSPS) is 10.9. The van der Waals surface area contributed by atoms with Crippen molar-refractivity contribution in [3.05, 3.63) is 59.4 Å². The highest BCUT2D eigenvalue weighted by Gasteiger charge is 2.05. The molecule has 0 unspecified atom stereocenters. The zero-order valence-electron chi connectivity index (χ0n) is 11.2. The molecule has 0 aliphatic heterocycles. The Morgan fingerprint density at radius 3 is 2.90 bits per heavy atom. The first-order valence-corrected chi connectivity index (χ1v) is 7.35. The highest BCUT2D eigenvalue weighted by molar-refractivity contribution is 7.11. The quantitative estimate of drug-likeness (QED) is 0.769. The maximum Gasteiger partial charge on any atom is 0.123 e. The third-order valence-corrected chi connectivity index (χ3v) is 4.20. The number of halogens is 1. The Kier molecular flexibility index (Phi) is 3.65. The Morgan fingerprint density at radius 2 is 2.05 bits per heavy atom. The molecule has 4 heteroatoms. The molecule has 0 bridgehead atoms. The average molecular weight is 286 g/mol. The monoisotopic (exact) mass is 286 g/mol. The van der Waals surface area contributed by atoms with Gasteiger partial charge >= 0.3 is 0 Å². The van der Waals surface area contributed by atoms with E-state index in [0.717, 1.165) is 34.4 Å². The van der Waals surface area contributed by atoms with Crippen LogP contribution in [0.4, 0.5) is 9.39 Å². The fraction of sp³-hybridized carbons (Fsp3) is 0.188. The van der Waals surface area contributed by atoms with Gasteiger partial charge in [0.1, 0.15) is 10.8 Å². The fourth-order valence-electron chi connectivity index (χ4n) is 2.27. The maximum atomic E-state index is 13.0. The van der Waals surface area contributed by atoms with Crippen LogP contribution in [0.2, 0.25) is 0 Å². The van der Waals surface area contributed by atoms with Crippen LogP contribution in [0.5, 0.6) is 0 Å². The number of hydrogen-bond donors (Lipinski definition) is 1. The van der Waals surface area contributed by atoms with Crippen molar-refractivity contribution in [3.8, 4) is 0 Å². The van der Waals surface area contributed by atoms with E-state index in [0.29, 0.717) is 0 Å². The molecule has 0 aliphatic rings. The van der Waals surface area contributed by atoms with Gasteiger partial charge in [0, 0.05) is 11.9 Å². The lowest BCUT2D eigenvalue weighted by molar-refractivity contribution is 0.625. The van der Waals surface area contributed by atoms with Crippen LogP contribution in [0, 0.1) is 12.7 Å². The zero-order chi connectivity index (χ0) is 13.9. The lowest BCUT2D eigenvalue weighted by Crippen LogP contribution is -2.05. The number of nitrogens with zero attached hydrogens (tertiary/aromatic N) is 1. The number of aromatic nitrogens is 1. The highest BCUT2D eigenvalue weighted by Crippen LogP contribution is 2.27. The van der Waals surface area contributed by atoms with Crippen molar-refractivity contribution in [3.63, 3.8) is 0 Å². The fourth-order valence-corrected chi connectivity index (χ4v) is 3.05. The van der Waals surface area contributed by atoms with Crippen LogP contribution >= 0.6 is 11.5 Å². The summed E-state index contributed by atoms with van der Waals surface area (Å²) in [4.78, 5) is 0. The van der Waals surface area contributed by atoms with Crippen molar-refractivity contribution in [2.45, 2.75) is 13.3 Å². The number of fused-ring (bicyclic) bond motifs is 1. The van der Waals surface area contributed by atoms with Gasteiger partial charge in [-0.15, -0.1) is 0 Å². The van der Waals surface area contributed by atoms with E-state index in [1.807, 2.05) is 31.2 Å². The van der Waals surface area contributed by atoms with Gasteiger partial charge < -0.3 is 5.32 Å². The minimum atomic E-state index is -0.173. The summed E-state index contributed by atoms with van der Waals surface area (Å²) in [6.45, 7) is 2.76. The molecule has 0 saturated heterocycles. The molecule has 0 atom stereocenters. The summed E-state index contributed by atoms with van der Waals surface area (Å²) in [5.74, 6) is -0.173. The predicted molar refractivity (Wildman–Crippen MR) is 83.0 cm³/mol. The number of rotatable bonds is 4. The molecule has 3 aromatic rings. The predicted octanol–water partition coefficient (Wildman–Crippen LogP) is 4.40. The number of aryl methyl sites for hydroxylation is 1. The van der Waals surface area contributed by atoms with E-state index in [-0.39, 0.29) is 5.82 Å². The van der Waals surface area contributed by atoms with Crippen LogP contribution in [-0.2, 0) is 6.42 Å². The molecule has 1 aromatic heterocycles. The molecule has 0 spiro atoms. The van der Waals surface area contributed by atoms with E-state index >= 15 is 0 Å². The lowest BCUT2D eigenvalue weighted by atomic mass is 10.1. The summed E-state index contributed by atoms with van der Waals surface area (Å²) in [5.41, 5.74) is 3.20. The number of benzene rings is 2. The van der Waals surface area contributed by atoms with Crippen LogP contribution in [0.25, 0.3) is 10.9 Å². The highest BCUT2D eigenvalue weighted by atomic mass is 32.1. The summed E-state index contributed by atoms with van der Waals surface area (Å²) >= 11 is 1.48.